The summed E-state index contributed by atoms with van der Waals surface area (Å²) in [5.41, 5.74) is 1.12. The van der Waals surface area contributed by atoms with Gasteiger partial charge in [-0.3, -0.25) is 9.59 Å². The number of rotatable bonds is 4. The van der Waals surface area contributed by atoms with Gasteiger partial charge in [0.15, 0.2) is 5.69 Å². The first kappa shape index (κ1) is 18.7. The zero-order valence-electron chi connectivity index (χ0n) is 14.5. The van der Waals surface area contributed by atoms with Crippen molar-refractivity contribution in [3.63, 3.8) is 0 Å². The number of aryl methyl sites for hydroxylation is 1. The fourth-order valence-electron chi connectivity index (χ4n) is 2.39. The summed E-state index contributed by atoms with van der Waals surface area (Å²) in [5, 5.41) is 15.8. The molecule has 0 spiro atoms. The average Bonchev–Trinajstić information content (AvgIpc) is 2.55. The van der Waals surface area contributed by atoms with Crippen LogP contribution in [0.2, 0.25) is 5.02 Å². The molecule has 2 aromatic rings. The Morgan fingerprint density at radius 3 is 2.52 bits per heavy atom. The van der Waals surface area contributed by atoms with Crippen molar-refractivity contribution in [2.45, 2.75) is 26.3 Å². The van der Waals surface area contributed by atoms with Gasteiger partial charge in [0.1, 0.15) is 11.3 Å². The summed E-state index contributed by atoms with van der Waals surface area (Å²) < 4.78 is 0. The topological polar surface area (TPSA) is 91.3 Å². The molecule has 0 saturated carbocycles. The van der Waals surface area contributed by atoms with E-state index in [1.807, 2.05) is 13.0 Å². The van der Waals surface area contributed by atoms with Crippen molar-refractivity contribution in [3.8, 4) is 16.9 Å². The Morgan fingerprint density at radius 2 is 1.92 bits per heavy atom. The fraction of sp³-hybridized carbons (Fsp3) is 0.278. The molecule has 3 N–H and O–H groups in total. The van der Waals surface area contributed by atoms with E-state index in [0.717, 1.165) is 11.1 Å². The number of amides is 2. The van der Waals surface area contributed by atoms with Gasteiger partial charge >= 0.3 is 0 Å². The second-order valence-electron chi connectivity index (χ2n) is 6.21. The molecule has 0 unspecified atom stereocenters. The number of nitrogens with zero attached hydrogens (tertiary/aromatic N) is 1. The summed E-state index contributed by atoms with van der Waals surface area (Å²) in [6.07, 6.45) is 1.49. The van der Waals surface area contributed by atoms with E-state index in [4.69, 9.17) is 11.6 Å². The highest BCUT2D eigenvalue weighted by atomic mass is 35.5. The van der Waals surface area contributed by atoms with E-state index < -0.39 is 11.4 Å². The monoisotopic (exact) mass is 361 g/mol. The van der Waals surface area contributed by atoms with Crippen molar-refractivity contribution in [1.82, 2.24) is 15.6 Å². The number of benzene rings is 1. The summed E-state index contributed by atoms with van der Waals surface area (Å²) in [7, 11) is 1.48. The van der Waals surface area contributed by atoms with Gasteiger partial charge in [-0.05, 0) is 50.1 Å². The number of hydrogen-bond acceptors (Lipinski definition) is 4. The number of carbonyl (C=O) groups is 2. The van der Waals surface area contributed by atoms with Crippen LogP contribution < -0.4 is 10.6 Å². The summed E-state index contributed by atoms with van der Waals surface area (Å²) >= 11 is 6.02. The highest BCUT2D eigenvalue weighted by molar-refractivity contribution is 6.30. The molecule has 132 valence electrons. The maximum Gasteiger partial charge on any atom is 0.274 e. The van der Waals surface area contributed by atoms with Gasteiger partial charge in [-0.2, -0.15) is 0 Å². The SMILES string of the molecule is CNC(=O)C(C)(C)NC(=O)c1ncc(-c2cc(Cl)ccc2C)cc1O. The van der Waals surface area contributed by atoms with Crippen molar-refractivity contribution in [1.29, 1.82) is 0 Å². The lowest BCUT2D eigenvalue weighted by Gasteiger charge is -2.24. The van der Waals surface area contributed by atoms with Gasteiger partial charge in [0.25, 0.3) is 5.91 Å². The summed E-state index contributed by atoms with van der Waals surface area (Å²) in [6.45, 7) is 5.03. The fourth-order valence-corrected chi connectivity index (χ4v) is 2.57. The van der Waals surface area contributed by atoms with Crippen LogP contribution in [0.5, 0.6) is 5.75 Å². The van der Waals surface area contributed by atoms with Crippen LogP contribution in [0.4, 0.5) is 0 Å². The van der Waals surface area contributed by atoms with E-state index in [1.54, 1.807) is 26.0 Å². The maximum absolute atomic E-state index is 12.3. The van der Waals surface area contributed by atoms with E-state index in [1.165, 1.54) is 19.3 Å². The number of pyridine rings is 1. The summed E-state index contributed by atoms with van der Waals surface area (Å²) in [6, 6.07) is 6.85. The molecule has 2 rings (SSSR count). The zero-order valence-corrected chi connectivity index (χ0v) is 15.2. The molecule has 0 fully saturated rings. The Morgan fingerprint density at radius 1 is 1.24 bits per heavy atom. The Labute approximate surface area is 151 Å². The van der Waals surface area contributed by atoms with Crippen LogP contribution in [-0.4, -0.2) is 34.5 Å². The van der Waals surface area contributed by atoms with Crippen LogP contribution in [0.3, 0.4) is 0 Å². The van der Waals surface area contributed by atoms with E-state index in [9.17, 15) is 14.7 Å². The molecule has 0 saturated heterocycles. The maximum atomic E-state index is 12.3. The number of halogens is 1. The Bertz CT molecular complexity index is 834. The van der Waals surface area contributed by atoms with Gasteiger partial charge in [-0.25, -0.2) is 4.98 Å². The molecule has 7 heteroatoms. The van der Waals surface area contributed by atoms with Crippen molar-refractivity contribution < 1.29 is 14.7 Å². The minimum atomic E-state index is -1.14. The Balaban J connectivity index is 2.32. The van der Waals surface area contributed by atoms with Crippen molar-refractivity contribution in [2.75, 3.05) is 7.05 Å². The average molecular weight is 362 g/mol. The molecule has 6 nitrogen and oxygen atoms in total. The van der Waals surface area contributed by atoms with Crippen LogP contribution in [0, 0.1) is 6.92 Å². The van der Waals surface area contributed by atoms with Gasteiger partial charge in [0.05, 0.1) is 0 Å². The highest BCUT2D eigenvalue weighted by Crippen LogP contribution is 2.29. The molecule has 0 bridgehead atoms. The Kier molecular flexibility index (Phi) is 5.33. The molecular formula is C18H20ClN3O3. The van der Waals surface area contributed by atoms with E-state index in [0.29, 0.717) is 10.6 Å². The quantitative estimate of drug-likeness (QED) is 0.780. The zero-order chi connectivity index (χ0) is 18.8. The van der Waals surface area contributed by atoms with Crippen molar-refractivity contribution in [3.05, 3.63) is 46.7 Å². The standard InChI is InChI=1S/C18H20ClN3O3/c1-10-5-6-12(19)8-13(10)11-7-14(23)15(21-9-11)16(24)22-18(2,3)17(25)20-4/h5-9,23H,1-4H3,(H,20,25)(H,22,24). The molecule has 0 aliphatic heterocycles. The van der Waals surface area contributed by atoms with E-state index >= 15 is 0 Å². The molecule has 0 aliphatic rings. The van der Waals surface area contributed by atoms with Crippen LogP contribution in [0.1, 0.15) is 29.9 Å². The van der Waals surface area contributed by atoms with Crippen LogP contribution in [0.15, 0.2) is 30.5 Å². The third-order valence-electron chi connectivity index (χ3n) is 3.81. The molecule has 1 aromatic heterocycles. The molecule has 0 aliphatic carbocycles. The molecule has 0 radical (unpaired) electrons. The lowest BCUT2D eigenvalue weighted by molar-refractivity contribution is -0.125. The van der Waals surface area contributed by atoms with Crippen LogP contribution >= 0.6 is 11.6 Å². The lowest BCUT2D eigenvalue weighted by atomic mass is 10.0. The smallest absolute Gasteiger partial charge is 0.274 e. The molecule has 2 amide bonds. The van der Waals surface area contributed by atoms with Crippen molar-refractivity contribution in [2.24, 2.45) is 0 Å². The predicted molar refractivity (Wildman–Crippen MR) is 96.7 cm³/mol. The molecule has 1 aromatic carbocycles. The van der Waals surface area contributed by atoms with Crippen LogP contribution in [0.25, 0.3) is 11.1 Å². The number of aromatic nitrogens is 1. The third-order valence-corrected chi connectivity index (χ3v) is 4.05. The highest BCUT2D eigenvalue weighted by Gasteiger charge is 2.30. The normalized spacial score (nSPS) is 11.1. The first-order chi connectivity index (χ1) is 11.7. The molecule has 0 atom stereocenters. The first-order valence-corrected chi connectivity index (χ1v) is 8.03. The van der Waals surface area contributed by atoms with Crippen molar-refractivity contribution >= 4 is 23.4 Å². The van der Waals surface area contributed by atoms with Gasteiger partial charge in [-0.1, -0.05) is 17.7 Å². The summed E-state index contributed by atoms with van der Waals surface area (Å²) in [4.78, 5) is 28.2. The predicted octanol–water partition coefficient (Wildman–Crippen LogP) is 2.67. The molecule has 25 heavy (non-hydrogen) atoms. The third kappa shape index (κ3) is 4.09. The van der Waals surface area contributed by atoms with E-state index in [-0.39, 0.29) is 17.4 Å². The van der Waals surface area contributed by atoms with Crippen LogP contribution in [-0.2, 0) is 4.79 Å². The minimum Gasteiger partial charge on any atom is -0.505 e. The lowest BCUT2D eigenvalue weighted by Crippen LogP contribution is -2.54. The Hall–Kier alpha value is -2.60. The molecule has 1 heterocycles. The number of hydrogen-bond donors (Lipinski definition) is 3. The number of likely N-dealkylation sites (N-methyl/N-ethyl adjacent to an activating group) is 1. The first-order valence-electron chi connectivity index (χ1n) is 7.66. The molecular weight excluding hydrogens is 342 g/mol. The van der Waals surface area contributed by atoms with Gasteiger partial charge in [-0.15, -0.1) is 0 Å². The second-order valence-corrected chi connectivity index (χ2v) is 6.65. The number of nitrogens with one attached hydrogen (secondary N) is 2. The van der Waals surface area contributed by atoms with Gasteiger partial charge < -0.3 is 15.7 Å². The minimum absolute atomic E-state index is 0.152. The van der Waals surface area contributed by atoms with E-state index in [2.05, 4.69) is 15.6 Å². The second kappa shape index (κ2) is 7.11. The number of aromatic hydroxyl groups is 1. The van der Waals surface area contributed by atoms with Gasteiger partial charge in [0, 0.05) is 23.8 Å². The largest absolute Gasteiger partial charge is 0.505 e. The van der Waals surface area contributed by atoms with Gasteiger partial charge in [0.2, 0.25) is 5.91 Å². The number of carbonyl (C=O) groups excluding carboxylic acids is 2. The summed E-state index contributed by atoms with van der Waals surface area (Å²) in [5.74, 6) is -1.27.